The summed E-state index contributed by atoms with van der Waals surface area (Å²) in [5, 5.41) is 0. The molecule has 8 aliphatic carbocycles. The summed E-state index contributed by atoms with van der Waals surface area (Å²) in [5.74, 6) is 6.90. The number of nitrogens with zero attached hydrogens (tertiary/aromatic N) is 1. The molecule has 0 heterocycles. The van der Waals surface area contributed by atoms with E-state index in [1.807, 2.05) is 21.1 Å². The highest BCUT2D eigenvalue weighted by atomic mass is 31.1. The largest absolute Gasteiger partial charge is 0.697 e. The highest BCUT2D eigenvalue weighted by molar-refractivity contribution is 7.33. The summed E-state index contributed by atoms with van der Waals surface area (Å²) >= 11 is 0. The average Bonchev–Trinajstić information content (AvgIpc) is 1.91. The SMILES string of the molecule is CC(C)CCC[C@H](C)[C@@H]1CCC2C3CC=C4CC(OC(=O)CCC(=O)OC[C@H](CO[P+](=O)OCC[N+](C)(C)C)OC(=O)CCC(=O)OC5CC[C@]6(C)C(=CCC7C6CC[C@]6(C)C7CC[C@H]6[C@@H](C)CCCC(C)C)C5)CC[C@@]4(C)C3CC[C@]21C. The zero-order valence-electron chi connectivity index (χ0n) is 54.4. The highest BCUT2D eigenvalue weighted by Gasteiger charge is 2.61. The predicted octanol–water partition coefficient (Wildman–Crippen LogP) is 16.3. The maximum absolute atomic E-state index is 13.4. The smallest absolute Gasteiger partial charge is 0.462 e. The fraction of sp³-hybridized carbons (Fsp3) is 0.886. The number of ether oxygens (including phenoxy) is 4. The third-order valence-electron chi connectivity index (χ3n) is 24.2. The molecule has 0 aromatic rings. The third-order valence-corrected chi connectivity index (χ3v) is 25.0. The van der Waals surface area contributed by atoms with Crippen LogP contribution in [0.3, 0.4) is 0 Å². The van der Waals surface area contributed by atoms with Crippen molar-refractivity contribution in [1.29, 1.82) is 0 Å². The Kier molecular flexibility index (Phi) is 22.5. The van der Waals surface area contributed by atoms with Crippen LogP contribution in [0.2, 0.25) is 0 Å². The van der Waals surface area contributed by atoms with Crippen LogP contribution in [-0.2, 0) is 51.7 Å². The van der Waals surface area contributed by atoms with Gasteiger partial charge in [0.1, 0.15) is 32.0 Å². The second kappa shape index (κ2) is 28.2. The van der Waals surface area contributed by atoms with Crippen molar-refractivity contribution in [2.45, 2.75) is 254 Å². The molecule has 6 saturated carbocycles. The van der Waals surface area contributed by atoms with Crippen LogP contribution in [0.25, 0.3) is 0 Å². The van der Waals surface area contributed by atoms with E-state index in [4.69, 9.17) is 28.0 Å². The molecule has 8 aliphatic rings. The molecule has 0 aromatic carbocycles. The quantitative estimate of drug-likeness (QED) is 0.0243. The molecule has 13 heteroatoms. The molecular weight excluding hydrogens is 1060 g/mol. The molecule has 0 spiro atoms. The Morgan fingerprint density at radius 2 is 1.01 bits per heavy atom. The fourth-order valence-electron chi connectivity index (χ4n) is 19.6. The summed E-state index contributed by atoms with van der Waals surface area (Å²) in [6, 6.07) is 0. The molecule has 9 unspecified atom stereocenters. The van der Waals surface area contributed by atoms with Gasteiger partial charge in [0.25, 0.3) is 0 Å². The molecule has 0 aromatic heterocycles. The van der Waals surface area contributed by atoms with Gasteiger partial charge in [0.2, 0.25) is 0 Å². The van der Waals surface area contributed by atoms with Gasteiger partial charge in [-0.1, -0.05) is 131 Å². The molecule has 8 rings (SSSR count). The summed E-state index contributed by atoms with van der Waals surface area (Å²) < 4.78 is 47.5. The molecule has 6 fully saturated rings. The number of carbonyl (C=O) groups excluding carboxylic acids is 4. The molecule has 83 heavy (non-hydrogen) atoms. The lowest BCUT2D eigenvalue weighted by Gasteiger charge is -2.58. The van der Waals surface area contributed by atoms with Gasteiger partial charge in [-0.25, -0.2) is 0 Å². The van der Waals surface area contributed by atoms with Gasteiger partial charge in [-0.2, -0.15) is 0 Å². The van der Waals surface area contributed by atoms with E-state index in [9.17, 15) is 23.7 Å². The minimum atomic E-state index is -2.56. The second-order valence-electron chi connectivity index (χ2n) is 31.5. The maximum atomic E-state index is 13.4. The monoisotopic (exact) mass is 1180 g/mol. The van der Waals surface area contributed by atoms with E-state index in [1.54, 1.807) is 0 Å². The van der Waals surface area contributed by atoms with Crippen LogP contribution >= 0.6 is 8.25 Å². The highest BCUT2D eigenvalue weighted by Crippen LogP contribution is 2.69. The number of allylic oxidation sites excluding steroid dienone is 2. The zero-order chi connectivity index (χ0) is 60.1. The Morgan fingerprint density at radius 1 is 0.554 bits per heavy atom. The predicted molar refractivity (Wildman–Crippen MR) is 328 cm³/mol. The van der Waals surface area contributed by atoms with Gasteiger partial charge in [-0.05, 0) is 183 Å². The molecule has 0 aliphatic heterocycles. The number of likely N-dealkylation sites (N-methyl/N-ethyl adjacent to an activating group) is 1. The number of fused-ring (bicyclic) bond motifs is 10. The first-order valence-corrected chi connectivity index (χ1v) is 35.0. The van der Waals surface area contributed by atoms with E-state index in [0.29, 0.717) is 33.7 Å². The van der Waals surface area contributed by atoms with Gasteiger partial charge in [0.15, 0.2) is 12.7 Å². The van der Waals surface area contributed by atoms with Gasteiger partial charge < -0.3 is 23.4 Å². The van der Waals surface area contributed by atoms with Crippen molar-refractivity contribution in [2.24, 2.45) is 92.7 Å². The molecule has 470 valence electrons. The number of hydrogen-bond donors (Lipinski definition) is 0. The maximum Gasteiger partial charge on any atom is 0.697 e. The molecule has 0 bridgehead atoms. The van der Waals surface area contributed by atoms with Crippen molar-refractivity contribution in [3.05, 3.63) is 23.3 Å². The summed E-state index contributed by atoms with van der Waals surface area (Å²) in [7, 11) is 3.42. The molecule has 0 N–H and O–H groups in total. The van der Waals surface area contributed by atoms with E-state index >= 15 is 0 Å². The van der Waals surface area contributed by atoms with Crippen LogP contribution in [0.15, 0.2) is 23.3 Å². The molecule has 0 amide bonds. The minimum Gasteiger partial charge on any atom is -0.462 e. The number of hydrogen-bond acceptors (Lipinski definition) is 11. The Morgan fingerprint density at radius 3 is 1.47 bits per heavy atom. The van der Waals surface area contributed by atoms with Crippen LogP contribution < -0.4 is 0 Å². The molecule has 0 saturated heterocycles. The Labute approximate surface area is 504 Å². The van der Waals surface area contributed by atoms with Crippen molar-refractivity contribution in [3.63, 3.8) is 0 Å². The Hall–Kier alpha value is -2.66. The van der Waals surface area contributed by atoms with E-state index in [-0.39, 0.29) is 61.9 Å². The second-order valence-corrected chi connectivity index (χ2v) is 32.4. The molecular formula is C70H116NO11P+2. The summed E-state index contributed by atoms with van der Waals surface area (Å²) in [5.41, 5.74) is 4.03. The average molecular weight is 1180 g/mol. The van der Waals surface area contributed by atoms with Crippen molar-refractivity contribution in [1.82, 2.24) is 0 Å². The van der Waals surface area contributed by atoms with Crippen molar-refractivity contribution in [3.8, 4) is 0 Å². The topological polar surface area (TPSA) is 141 Å². The molecule has 0 radical (unpaired) electrons. The van der Waals surface area contributed by atoms with E-state index < -0.39 is 44.8 Å². The number of carbonyl (C=O) groups is 4. The van der Waals surface area contributed by atoms with Crippen molar-refractivity contribution in [2.75, 3.05) is 47.5 Å². The van der Waals surface area contributed by atoms with Gasteiger partial charge in [0.05, 0.1) is 46.8 Å². The number of quaternary nitrogens is 1. The summed E-state index contributed by atoms with van der Waals surface area (Å²) in [4.78, 5) is 53.1. The lowest BCUT2D eigenvalue weighted by atomic mass is 9.47. The van der Waals surface area contributed by atoms with Crippen LogP contribution in [0.4, 0.5) is 0 Å². The fourth-order valence-corrected chi connectivity index (χ4v) is 20.2. The summed E-state index contributed by atoms with van der Waals surface area (Å²) in [6.07, 6.45) is 28.8. The van der Waals surface area contributed by atoms with E-state index in [2.05, 4.69) is 81.4 Å². The van der Waals surface area contributed by atoms with Crippen LogP contribution in [0.5, 0.6) is 0 Å². The number of rotatable bonds is 28. The van der Waals surface area contributed by atoms with Gasteiger partial charge in [-0.3, -0.25) is 19.2 Å². The van der Waals surface area contributed by atoms with Gasteiger partial charge >= 0.3 is 32.1 Å². The number of esters is 4. The van der Waals surface area contributed by atoms with Crippen LogP contribution in [0.1, 0.15) is 236 Å². The Bertz CT molecular complexity index is 2310. The standard InChI is InChI=1S/C70H116NO11P/c1-46(2)16-14-18-48(5)57-24-26-59-55-22-20-50-42-52(32-36-67(50,7)61(55)34-38-69(57,59)9)80-64(73)29-28-63(72)77-44-54(45-79-83(76)78-41-40-71(11,12)13)82-66(75)31-30-65(74)81-53-33-37-68(8)51(43-53)21-23-56-60-27-25-58(49(6)19-15-17-47(3)4)70(60,10)39-35-62(56)68/h20-21,46-49,52-62H,14-19,22-45H2,1-13H3/q+2/t48-,49-,52?,53?,54+,55?,56?,57-,58-,59?,60?,61?,62?,67+,68+,69-,70-/m0/s1. The first-order valence-electron chi connectivity index (χ1n) is 33.9. The normalized spacial score (nSPS) is 35.9. The minimum absolute atomic E-state index is 0.127. The molecule has 18 atom stereocenters. The van der Waals surface area contributed by atoms with Crippen molar-refractivity contribution < 1.29 is 56.2 Å². The Balaban J connectivity index is 0.771. The van der Waals surface area contributed by atoms with Crippen molar-refractivity contribution >= 4 is 32.1 Å². The van der Waals surface area contributed by atoms with Crippen LogP contribution in [0, 0.1) is 92.7 Å². The lowest BCUT2D eigenvalue weighted by Crippen LogP contribution is -2.51. The van der Waals surface area contributed by atoms with Gasteiger partial charge in [-0.15, -0.1) is 9.05 Å². The third kappa shape index (κ3) is 16.0. The lowest BCUT2D eigenvalue weighted by molar-refractivity contribution is -0.870. The molecule has 12 nitrogen and oxygen atoms in total. The summed E-state index contributed by atoms with van der Waals surface area (Å²) in [6.45, 7) is 24.7. The first-order chi connectivity index (χ1) is 39.2. The first kappa shape index (κ1) is 66.3. The van der Waals surface area contributed by atoms with Crippen LogP contribution in [-0.4, -0.2) is 94.2 Å². The van der Waals surface area contributed by atoms with E-state index in [0.717, 1.165) is 111 Å². The zero-order valence-corrected chi connectivity index (χ0v) is 55.3. The van der Waals surface area contributed by atoms with E-state index in [1.165, 1.54) is 101 Å². The van der Waals surface area contributed by atoms with Gasteiger partial charge in [0, 0.05) is 17.4 Å².